The van der Waals surface area contributed by atoms with E-state index in [2.05, 4.69) is 38.0 Å². The minimum Gasteiger partial charge on any atom is -0.478 e. The number of nitrogens with one attached hydrogen (secondary N) is 1. The van der Waals surface area contributed by atoms with E-state index in [9.17, 15) is 4.79 Å². The minimum absolute atomic E-state index is 0.117. The largest absolute Gasteiger partial charge is 0.478 e. The van der Waals surface area contributed by atoms with Gasteiger partial charge in [-0.1, -0.05) is 27.7 Å². The third-order valence-electron chi connectivity index (χ3n) is 4.44. The molecule has 1 fully saturated rings. The topological polar surface area (TPSA) is 88.2 Å². The van der Waals surface area contributed by atoms with Crippen LogP contribution in [0.2, 0.25) is 0 Å². The van der Waals surface area contributed by atoms with Crippen LogP contribution in [0.5, 0.6) is 0 Å². The standard InChI is InChI=1S/C13H19N3O2/c1-12(2)11(13(12,3)4)16-9-8(10(17)18)5-7(14)6-15-9/h5-6,11H,14H2,1-4H3,(H,15,16)(H,17,18). The molecular weight excluding hydrogens is 230 g/mol. The predicted octanol–water partition coefficient (Wildman–Crippen LogP) is 2.21. The van der Waals surface area contributed by atoms with Gasteiger partial charge >= 0.3 is 5.97 Å². The Morgan fingerprint density at radius 3 is 2.39 bits per heavy atom. The number of rotatable bonds is 3. The Labute approximate surface area is 106 Å². The summed E-state index contributed by atoms with van der Waals surface area (Å²) in [5, 5.41) is 12.4. The first kappa shape index (κ1) is 12.7. The summed E-state index contributed by atoms with van der Waals surface area (Å²) in [6.45, 7) is 8.62. The zero-order valence-electron chi connectivity index (χ0n) is 11.1. The summed E-state index contributed by atoms with van der Waals surface area (Å²) in [5.74, 6) is -0.631. The Kier molecular flexibility index (Phi) is 2.54. The maximum Gasteiger partial charge on any atom is 0.339 e. The molecule has 1 saturated carbocycles. The molecular formula is C13H19N3O2. The summed E-state index contributed by atoms with van der Waals surface area (Å²) in [5.41, 5.74) is 6.27. The van der Waals surface area contributed by atoms with Crippen molar-refractivity contribution in [2.45, 2.75) is 33.7 Å². The van der Waals surface area contributed by atoms with Crippen LogP contribution in [-0.4, -0.2) is 22.1 Å². The number of hydrogen-bond donors (Lipinski definition) is 3. The van der Waals surface area contributed by atoms with Crippen molar-refractivity contribution in [1.29, 1.82) is 0 Å². The smallest absolute Gasteiger partial charge is 0.339 e. The number of nitrogens with zero attached hydrogens (tertiary/aromatic N) is 1. The molecule has 2 rings (SSSR count). The van der Waals surface area contributed by atoms with Crippen molar-refractivity contribution in [2.75, 3.05) is 11.1 Å². The Hall–Kier alpha value is -1.78. The molecule has 1 heterocycles. The maximum atomic E-state index is 11.2. The fourth-order valence-corrected chi connectivity index (χ4v) is 2.45. The number of carboxylic acids is 1. The van der Waals surface area contributed by atoms with Gasteiger partial charge in [-0.05, 0) is 16.9 Å². The lowest BCUT2D eigenvalue weighted by Gasteiger charge is -2.10. The van der Waals surface area contributed by atoms with Crippen molar-refractivity contribution in [3.8, 4) is 0 Å². The number of nitrogens with two attached hydrogens (primary N) is 1. The molecule has 4 N–H and O–H groups in total. The normalized spacial score (nSPS) is 20.4. The molecule has 5 heteroatoms. The minimum atomic E-state index is -1.02. The molecule has 0 aromatic carbocycles. The van der Waals surface area contributed by atoms with E-state index in [1.807, 2.05) is 0 Å². The number of anilines is 2. The molecule has 0 amide bonds. The summed E-state index contributed by atoms with van der Waals surface area (Å²) in [7, 11) is 0. The summed E-state index contributed by atoms with van der Waals surface area (Å²) < 4.78 is 0. The van der Waals surface area contributed by atoms with Gasteiger partial charge in [0, 0.05) is 6.04 Å². The van der Waals surface area contributed by atoms with Crippen LogP contribution in [0, 0.1) is 10.8 Å². The van der Waals surface area contributed by atoms with E-state index in [1.54, 1.807) is 0 Å². The fraction of sp³-hybridized carbons (Fsp3) is 0.538. The Morgan fingerprint density at radius 1 is 1.39 bits per heavy atom. The first-order valence-corrected chi connectivity index (χ1v) is 5.93. The van der Waals surface area contributed by atoms with Gasteiger partial charge in [-0.15, -0.1) is 0 Å². The van der Waals surface area contributed by atoms with Crippen LogP contribution in [0.1, 0.15) is 38.1 Å². The van der Waals surface area contributed by atoms with Gasteiger partial charge < -0.3 is 16.2 Å². The molecule has 0 bridgehead atoms. The number of aromatic nitrogens is 1. The number of pyridine rings is 1. The van der Waals surface area contributed by atoms with Crippen LogP contribution in [0.25, 0.3) is 0 Å². The average molecular weight is 249 g/mol. The SMILES string of the molecule is CC1(C)C(Nc2ncc(N)cc2C(=O)O)C1(C)C. The van der Waals surface area contributed by atoms with Gasteiger partial charge in [0.25, 0.3) is 0 Å². The van der Waals surface area contributed by atoms with Crippen molar-refractivity contribution in [1.82, 2.24) is 4.98 Å². The Balaban J connectivity index is 2.29. The molecule has 0 saturated heterocycles. The van der Waals surface area contributed by atoms with E-state index in [0.29, 0.717) is 11.5 Å². The van der Waals surface area contributed by atoms with Gasteiger partial charge in [0.05, 0.1) is 11.9 Å². The molecule has 98 valence electrons. The molecule has 18 heavy (non-hydrogen) atoms. The second kappa shape index (κ2) is 3.60. The van der Waals surface area contributed by atoms with Gasteiger partial charge in [-0.25, -0.2) is 9.78 Å². The quantitative estimate of drug-likeness (QED) is 0.764. The highest BCUT2D eigenvalue weighted by atomic mass is 16.4. The zero-order valence-corrected chi connectivity index (χ0v) is 11.1. The van der Waals surface area contributed by atoms with Gasteiger partial charge in [0.15, 0.2) is 0 Å². The highest BCUT2D eigenvalue weighted by Crippen LogP contribution is 2.63. The lowest BCUT2D eigenvalue weighted by Crippen LogP contribution is -2.15. The van der Waals surface area contributed by atoms with Crippen molar-refractivity contribution < 1.29 is 9.90 Å². The third-order valence-corrected chi connectivity index (χ3v) is 4.44. The first-order valence-electron chi connectivity index (χ1n) is 5.93. The number of hydrogen-bond acceptors (Lipinski definition) is 4. The first-order chi connectivity index (χ1) is 8.18. The van der Waals surface area contributed by atoms with Crippen molar-refractivity contribution in [2.24, 2.45) is 10.8 Å². The summed E-state index contributed by atoms with van der Waals surface area (Å²) in [6, 6.07) is 1.64. The van der Waals surface area contributed by atoms with E-state index < -0.39 is 5.97 Å². The summed E-state index contributed by atoms with van der Waals surface area (Å²) in [4.78, 5) is 15.3. The lowest BCUT2D eigenvalue weighted by molar-refractivity contribution is 0.0697. The monoisotopic (exact) mass is 249 g/mol. The van der Waals surface area contributed by atoms with Crippen LogP contribution in [0.4, 0.5) is 11.5 Å². The van der Waals surface area contributed by atoms with Gasteiger partial charge in [-0.2, -0.15) is 0 Å². The summed E-state index contributed by atoms with van der Waals surface area (Å²) >= 11 is 0. The number of aromatic carboxylic acids is 1. The molecule has 0 radical (unpaired) electrons. The van der Waals surface area contributed by atoms with Crippen molar-refractivity contribution in [3.63, 3.8) is 0 Å². The van der Waals surface area contributed by atoms with Crippen LogP contribution in [0.15, 0.2) is 12.3 Å². The van der Waals surface area contributed by atoms with E-state index >= 15 is 0 Å². The Bertz CT molecular complexity index is 495. The van der Waals surface area contributed by atoms with Crippen molar-refractivity contribution in [3.05, 3.63) is 17.8 Å². The van der Waals surface area contributed by atoms with E-state index in [1.165, 1.54) is 12.3 Å². The molecule has 1 aliphatic carbocycles. The van der Waals surface area contributed by atoms with Gasteiger partial charge in [-0.3, -0.25) is 0 Å². The molecule has 1 aliphatic rings. The van der Waals surface area contributed by atoms with Crippen molar-refractivity contribution >= 4 is 17.5 Å². The highest BCUT2D eigenvalue weighted by Gasteiger charge is 2.65. The molecule has 1 aromatic heterocycles. The van der Waals surface area contributed by atoms with Crippen LogP contribution >= 0.6 is 0 Å². The second-order valence-electron chi connectivity index (χ2n) is 5.99. The van der Waals surface area contributed by atoms with E-state index in [-0.39, 0.29) is 22.4 Å². The van der Waals surface area contributed by atoms with Gasteiger partial charge in [0.2, 0.25) is 0 Å². The summed E-state index contributed by atoms with van der Waals surface area (Å²) in [6.07, 6.45) is 1.47. The number of carboxylic acid groups (broad SMARTS) is 1. The fourth-order valence-electron chi connectivity index (χ4n) is 2.45. The lowest BCUT2D eigenvalue weighted by atomic mass is 10.0. The highest BCUT2D eigenvalue weighted by molar-refractivity contribution is 5.94. The van der Waals surface area contributed by atoms with Crippen LogP contribution in [0.3, 0.4) is 0 Å². The molecule has 5 nitrogen and oxygen atoms in total. The average Bonchev–Trinajstić information content (AvgIpc) is 2.62. The van der Waals surface area contributed by atoms with Gasteiger partial charge in [0.1, 0.15) is 11.4 Å². The number of nitrogen functional groups attached to an aromatic ring is 1. The van der Waals surface area contributed by atoms with E-state index in [0.717, 1.165) is 0 Å². The second-order valence-corrected chi connectivity index (χ2v) is 5.99. The van der Waals surface area contributed by atoms with Crippen LogP contribution in [-0.2, 0) is 0 Å². The maximum absolute atomic E-state index is 11.2. The van der Waals surface area contributed by atoms with Crippen LogP contribution < -0.4 is 11.1 Å². The van der Waals surface area contributed by atoms with E-state index in [4.69, 9.17) is 10.8 Å². The molecule has 0 unspecified atom stereocenters. The predicted molar refractivity (Wildman–Crippen MR) is 70.6 cm³/mol. The number of carbonyl (C=O) groups is 1. The zero-order chi connectivity index (χ0) is 13.7. The Morgan fingerprint density at radius 2 is 1.94 bits per heavy atom. The molecule has 0 spiro atoms. The molecule has 0 aliphatic heterocycles. The third kappa shape index (κ3) is 1.70. The molecule has 0 atom stereocenters. The molecule has 1 aromatic rings.